The number of hydrogen-bond donors (Lipinski definition) is 2. The second-order valence-electron chi connectivity index (χ2n) is 6.36. The Morgan fingerprint density at radius 2 is 1.74 bits per heavy atom. The first-order chi connectivity index (χ1) is 14.7. The van der Waals surface area contributed by atoms with E-state index in [1.165, 1.54) is 6.26 Å². The number of halogens is 4. The van der Waals surface area contributed by atoms with Crippen molar-refractivity contribution in [2.24, 2.45) is 4.99 Å². The second kappa shape index (κ2) is 11.0. The molecule has 0 aliphatic rings. The molecule has 0 aliphatic heterocycles. The van der Waals surface area contributed by atoms with E-state index in [1.807, 2.05) is 30.3 Å². The van der Waals surface area contributed by atoms with E-state index in [9.17, 15) is 32.6 Å². The van der Waals surface area contributed by atoms with Crippen LogP contribution in [0.15, 0.2) is 47.0 Å². The number of thioether (sulfide) groups is 1. The molecule has 1 unspecified atom stereocenters. The predicted octanol–water partition coefficient (Wildman–Crippen LogP) is 4.96. The van der Waals surface area contributed by atoms with Gasteiger partial charge in [-0.05, 0) is 24.8 Å². The number of nitrogens with zero attached hydrogens (tertiary/aromatic N) is 1. The molecule has 5 nitrogen and oxygen atoms in total. The summed E-state index contributed by atoms with van der Waals surface area (Å²) in [5.74, 6) is -10.9. The average Bonchev–Trinajstić information content (AvgIpc) is 2.74. The maximum absolute atomic E-state index is 14.0. The number of aliphatic hydroxyl groups excluding tert-OH is 1. The molecule has 0 aromatic heterocycles. The number of rotatable bonds is 8. The highest BCUT2D eigenvalue weighted by Crippen LogP contribution is 2.27. The van der Waals surface area contributed by atoms with Gasteiger partial charge in [0.05, 0.1) is 24.8 Å². The first-order valence-corrected chi connectivity index (χ1v) is 10.1. The molecule has 2 N–H and O–H groups in total. The van der Waals surface area contributed by atoms with E-state index >= 15 is 0 Å². The standard InChI is InChI=1S/C21H19F4NO4S/c1-11(9-30-10-12-6-4-3-5-7-12)26-20(31-2)15(21(28)29)19(27)13-8-14(22)17(24)18(25)16(13)23/h3-8,11,27H,9-10H2,1-2H3,(H,28,29). The topological polar surface area (TPSA) is 79.1 Å². The molecule has 10 heteroatoms. The summed E-state index contributed by atoms with van der Waals surface area (Å²) < 4.78 is 59.8. The van der Waals surface area contributed by atoms with Crippen LogP contribution < -0.4 is 0 Å². The van der Waals surface area contributed by atoms with Gasteiger partial charge in [-0.25, -0.2) is 22.4 Å². The van der Waals surface area contributed by atoms with Gasteiger partial charge in [-0.15, -0.1) is 11.8 Å². The molecule has 0 fully saturated rings. The lowest BCUT2D eigenvalue weighted by Crippen LogP contribution is -2.18. The third-order valence-corrected chi connectivity index (χ3v) is 4.72. The highest BCUT2D eigenvalue weighted by molar-refractivity contribution is 8.14. The normalized spacial score (nSPS) is 13.7. The van der Waals surface area contributed by atoms with Crippen LogP contribution in [-0.4, -0.2) is 40.1 Å². The van der Waals surface area contributed by atoms with E-state index in [0.717, 1.165) is 17.3 Å². The average molecular weight is 457 g/mol. The van der Waals surface area contributed by atoms with Crippen molar-refractivity contribution in [1.29, 1.82) is 0 Å². The molecule has 166 valence electrons. The molecule has 0 aliphatic carbocycles. The fraction of sp³-hybridized carbons (Fsp3) is 0.238. The van der Waals surface area contributed by atoms with E-state index < -0.39 is 52.2 Å². The summed E-state index contributed by atoms with van der Waals surface area (Å²) in [5.41, 5.74) is -1.10. The minimum atomic E-state index is -2.17. The minimum absolute atomic E-state index is 0.0980. The number of ether oxygens (including phenoxy) is 1. The van der Waals surface area contributed by atoms with Crippen LogP contribution in [0.5, 0.6) is 0 Å². The molecule has 2 aromatic rings. The zero-order valence-corrected chi connectivity index (χ0v) is 17.4. The van der Waals surface area contributed by atoms with E-state index in [1.54, 1.807) is 6.92 Å². The largest absolute Gasteiger partial charge is 0.506 e. The van der Waals surface area contributed by atoms with Crippen molar-refractivity contribution < 1.29 is 37.3 Å². The van der Waals surface area contributed by atoms with Crippen molar-refractivity contribution in [3.8, 4) is 0 Å². The molecule has 0 saturated carbocycles. The van der Waals surface area contributed by atoms with Gasteiger partial charge in [0, 0.05) is 0 Å². The van der Waals surface area contributed by atoms with E-state index in [-0.39, 0.29) is 17.7 Å². The maximum atomic E-state index is 14.0. The second-order valence-corrected chi connectivity index (χ2v) is 7.16. The number of hydrogen-bond acceptors (Lipinski definition) is 5. The Hall–Kier alpha value is -2.85. The Morgan fingerprint density at radius 3 is 2.32 bits per heavy atom. The van der Waals surface area contributed by atoms with Crippen LogP contribution in [0.25, 0.3) is 5.76 Å². The van der Waals surface area contributed by atoms with Crippen LogP contribution in [0.2, 0.25) is 0 Å². The van der Waals surface area contributed by atoms with Crippen molar-refractivity contribution in [2.75, 3.05) is 12.9 Å². The summed E-state index contributed by atoms with van der Waals surface area (Å²) in [6.07, 6.45) is 1.45. The molecule has 0 saturated heterocycles. The molecule has 0 heterocycles. The lowest BCUT2D eigenvalue weighted by molar-refractivity contribution is -0.132. The van der Waals surface area contributed by atoms with Gasteiger partial charge < -0.3 is 14.9 Å². The Bertz CT molecular complexity index is 1010. The van der Waals surface area contributed by atoms with Crippen LogP contribution in [0.4, 0.5) is 17.6 Å². The van der Waals surface area contributed by atoms with Crippen molar-refractivity contribution in [3.05, 3.63) is 76.4 Å². The van der Waals surface area contributed by atoms with Crippen LogP contribution in [0.3, 0.4) is 0 Å². The number of carbonyl (C=O) groups is 1. The summed E-state index contributed by atoms with van der Waals surface area (Å²) in [6, 6.07) is 8.88. The molecule has 0 amide bonds. The first kappa shape index (κ1) is 24.4. The van der Waals surface area contributed by atoms with Crippen molar-refractivity contribution in [2.45, 2.75) is 19.6 Å². The fourth-order valence-corrected chi connectivity index (χ4v) is 3.23. The molecule has 0 spiro atoms. The molecule has 31 heavy (non-hydrogen) atoms. The highest BCUT2D eigenvalue weighted by atomic mass is 32.2. The smallest absolute Gasteiger partial charge is 0.342 e. The molecule has 0 radical (unpaired) electrons. The van der Waals surface area contributed by atoms with Gasteiger partial charge in [0.1, 0.15) is 16.4 Å². The fourth-order valence-electron chi connectivity index (χ4n) is 2.55. The zero-order chi connectivity index (χ0) is 23.1. The molecular formula is C21H19F4NO4S. The Labute approximate surface area is 180 Å². The van der Waals surface area contributed by atoms with E-state index in [4.69, 9.17) is 4.74 Å². The summed E-state index contributed by atoms with van der Waals surface area (Å²) >= 11 is 0.817. The monoisotopic (exact) mass is 457 g/mol. The molecule has 0 bridgehead atoms. The van der Waals surface area contributed by atoms with E-state index in [0.29, 0.717) is 6.61 Å². The van der Waals surface area contributed by atoms with E-state index in [2.05, 4.69) is 4.99 Å². The highest BCUT2D eigenvalue weighted by Gasteiger charge is 2.27. The predicted molar refractivity (Wildman–Crippen MR) is 110 cm³/mol. The van der Waals surface area contributed by atoms with Gasteiger partial charge in [0.15, 0.2) is 23.3 Å². The Morgan fingerprint density at radius 1 is 1.10 bits per heavy atom. The van der Waals surface area contributed by atoms with Crippen LogP contribution in [-0.2, 0) is 16.1 Å². The summed E-state index contributed by atoms with van der Waals surface area (Å²) in [5, 5.41) is 19.6. The summed E-state index contributed by atoms with van der Waals surface area (Å²) in [7, 11) is 0. The maximum Gasteiger partial charge on any atom is 0.342 e. The van der Waals surface area contributed by atoms with Crippen LogP contribution in [0.1, 0.15) is 18.1 Å². The van der Waals surface area contributed by atoms with Gasteiger partial charge in [-0.3, -0.25) is 4.99 Å². The number of aliphatic hydroxyl groups is 1. The lowest BCUT2D eigenvalue weighted by atomic mass is 10.1. The molecule has 2 rings (SSSR count). The molecule has 2 aromatic carbocycles. The van der Waals surface area contributed by atoms with Crippen LogP contribution in [0, 0.1) is 23.3 Å². The van der Waals surface area contributed by atoms with Gasteiger partial charge in [-0.1, -0.05) is 30.3 Å². The number of carboxylic acids is 1. The Kier molecular flexibility index (Phi) is 8.64. The van der Waals surface area contributed by atoms with Gasteiger partial charge in [0.2, 0.25) is 0 Å². The summed E-state index contributed by atoms with van der Waals surface area (Å²) in [6.45, 7) is 2.01. The van der Waals surface area contributed by atoms with Gasteiger partial charge in [-0.2, -0.15) is 0 Å². The SMILES string of the molecule is CSC(=NC(C)COCc1ccccc1)C(C(=O)O)=C(O)c1cc(F)c(F)c(F)c1F. The molecule has 1 atom stereocenters. The van der Waals surface area contributed by atoms with Gasteiger partial charge >= 0.3 is 5.97 Å². The van der Waals surface area contributed by atoms with Crippen molar-refractivity contribution in [1.82, 2.24) is 0 Å². The number of benzene rings is 2. The van der Waals surface area contributed by atoms with Crippen LogP contribution >= 0.6 is 11.8 Å². The third-order valence-electron chi connectivity index (χ3n) is 4.02. The number of aliphatic imine (C=N–C) groups is 1. The quantitative estimate of drug-likeness (QED) is 0.111. The zero-order valence-electron chi connectivity index (χ0n) is 16.5. The molecular weight excluding hydrogens is 438 g/mol. The number of carboxylic acid groups (broad SMARTS) is 1. The minimum Gasteiger partial charge on any atom is -0.506 e. The Balaban J connectivity index is 2.33. The summed E-state index contributed by atoms with van der Waals surface area (Å²) in [4.78, 5) is 15.9. The third kappa shape index (κ3) is 6.08. The van der Waals surface area contributed by atoms with Gasteiger partial charge in [0.25, 0.3) is 0 Å². The first-order valence-electron chi connectivity index (χ1n) is 8.91. The van der Waals surface area contributed by atoms with Crippen molar-refractivity contribution >= 4 is 28.5 Å². The lowest BCUT2D eigenvalue weighted by Gasteiger charge is -2.13. The number of aliphatic carboxylic acids is 1. The van der Waals surface area contributed by atoms with Crippen molar-refractivity contribution in [3.63, 3.8) is 0 Å².